The normalized spacial score (nSPS) is 16.7. The van der Waals surface area contributed by atoms with Gasteiger partial charge in [-0.25, -0.2) is 14.6 Å². The van der Waals surface area contributed by atoms with E-state index in [-0.39, 0.29) is 6.54 Å². The summed E-state index contributed by atoms with van der Waals surface area (Å²) >= 11 is 0. The molecule has 0 aliphatic heterocycles. The van der Waals surface area contributed by atoms with Crippen LogP contribution in [-0.2, 0) is 16.1 Å². The molecule has 2 N–H and O–H groups in total. The molecule has 1 aliphatic rings. The number of nitrogens with one attached hydrogen (secondary N) is 1. The Morgan fingerprint density at radius 1 is 1.50 bits per heavy atom. The molecule has 2 rings (SSSR count). The summed E-state index contributed by atoms with van der Waals surface area (Å²) in [5.74, 6) is -1.52. The number of hydrogen-bond acceptors (Lipinski definition) is 4. The molecule has 0 radical (unpaired) electrons. The van der Waals surface area contributed by atoms with Gasteiger partial charge in [-0.15, -0.1) is 0 Å². The lowest BCUT2D eigenvalue weighted by molar-refractivity contribution is -0.151. The zero-order valence-electron chi connectivity index (χ0n) is 9.63. The molecular formula is C11H13N3O4. The maximum atomic E-state index is 11.7. The second-order valence-corrected chi connectivity index (χ2v) is 4.32. The SMILES string of the molecule is O=C(Cn1cccnc1=O)NC1(C(=O)O)CCC1. The van der Waals surface area contributed by atoms with Gasteiger partial charge in [-0.3, -0.25) is 9.36 Å². The van der Waals surface area contributed by atoms with E-state index in [4.69, 9.17) is 5.11 Å². The average molecular weight is 251 g/mol. The van der Waals surface area contributed by atoms with Gasteiger partial charge in [-0.05, 0) is 25.3 Å². The third-order valence-electron chi connectivity index (χ3n) is 3.09. The Kier molecular flexibility index (Phi) is 3.14. The molecule has 96 valence electrons. The smallest absolute Gasteiger partial charge is 0.347 e. The standard InChI is InChI=1S/C11H13N3O4/c15-8(7-14-6-2-5-12-10(14)18)13-11(9(16)17)3-1-4-11/h2,5-6H,1,3-4,7H2,(H,13,15)(H,16,17). The van der Waals surface area contributed by atoms with Gasteiger partial charge in [-0.2, -0.15) is 0 Å². The van der Waals surface area contributed by atoms with E-state index in [0.717, 1.165) is 11.0 Å². The van der Waals surface area contributed by atoms with Crippen molar-refractivity contribution in [1.82, 2.24) is 14.9 Å². The molecule has 7 heteroatoms. The fourth-order valence-corrected chi connectivity index (χ4v) is 1.89. The molecule has 1 aromatic rings. The minimum Gasteiger partial charge on any atom is -0.480 e. The van der Waals surface area contributed by atoms with Gasteiger partial charge in [-0.1, -0.05) is 0 Å². The summed E-state index contributed by atoms with van der Waals surface area (Å²) in [5.41, 5.74) is -1.69. The number of carboxylic acids is 1. The van der Waals surface area contributed by atoms with Crippen LogP contribution in [0.5, 0.6) is 0 Å². The van der Waals surface area contributed by atoms with E-state index < -0.39 is 23.1 Å². The lowest BCUT2D eigenvalue weighted by Gasteiger charge is -2.38. The zero-order valence-corrected chi connectivity index (χ0v) is 9.63. The molecular weight excluding hydrogens is 238 g/mol. The molecule has 0 spiro atoms. The largest absolute Gasteiger partial charge is 0.480 e. The van der Waals surface area contributed by atoms with Gasteiger partial charge < -0.3 is 10.4 Å². The quantitative estimate of drug-likeness (QED) is 0.741. The van der Waals surface area contributed by atoms with Crippen molar-refractivity contribution in [2.75, 3.05) is 0 Å². The molecule has 1 heterocycles. The van der Waals surface area contributed by atoms with E-state index >= 15 is 0 Å². The molecule has 1 saturated carbocycles. The first-order valence-corrected chi connectivity index (χ1v) is 5.59. The minimum absolute atomic E-state index is 0.221. The van der Waals surface area contributed by atoms with Crippen LogP contribution < -0.4 is 11.0 Å². The van der Waals surface area contributed by atoms with E-state index in [1.54, 1.807) is 0 Å². The Morgan fingerprint density at radius 3 is 2.72 bits per heavy atom. The topological polar surface area (TPSA) is 101 Å². The second-order valence-electron chi connectivity index (χ2n) is 4.32. The summed E-state index contributed by atoms with van der Waals surface area (Å²) in [4.78, 5) is 37.6. The van der Waals surface area contributed by atoms with Crippen molar-refractivity contribution in [3.8, 4) is 0 Å². The molecule has 1 aliphatic carbocycles. The van der Waals surface area contributed by atoms with Crippen molar-refractivity contribution in [2.45, 2.75) is 31.3 Å². The predicted octanol–water partition coefficient (Wildman–Crippen LogP) is -0.633. The van der Waals surface area contributed by atoms with Gasteiger partial charge in [0.05, 0.1) is 0 Å². The Morgan fingerprint density at radius 2 is 2.22 bits per heavy atom. The number of aromatic nitrogens is 2. The van der Waals surface area contributed by atoms with Gasteiger partial charge in [0.15, 0.2) is 0 Å². The van der Waals surface area contributed by atoms with Gasteiger partial charge in [0, 0.05) is 12.4 Å². The molecule has 0 saturated heterocycles. The van der Waals surface area contributed by atoms with E-state index in [0.29, 0.717) is 12.8 Å². The van der Waals surface area contributed by atoms with Crippen molar-refractivity contribution < 1.29 is 14.7 Å². The third-order valence-corrected chi connectivity index (χ3v) is 3.09. The molecule has 18 heavy (non-hydrogen) atoms. The Hall–Kier alpha value is -2.18. The van der Waals surface area contributed by atoms with Crippen LogP contribution in [0.15, 0.2) is 23.3 Å². The van der Waals surface area contributed by atoms with Crippen molar-refractivity contribution in [1.29, 1.82) is 0 Å². The van der Waals surface area contributed by atoms with Crippen molar-refractivity contribution in [3.05, 3.63) is 28.9 Å². The Labute approximate surface area is 102 Å². The number of nitrogens with zero attached hydrogens (tertiary/aromatic N) is 2. The van der Waals surface area contributed by atoms with Crippen molar-refractivity contribution >= 4 is 11.9 Å². The lowest BCUT2D eigenvalue weighted by Crippen LogP contribution is -2.59. The van der Waals surface area contributed by atoms with Crippen LogP contribution in [0.25, 0.3) is 0 Å². The van der Waals surface area contributed by atoms with Crippen LogP contribution in [0.2, 0.25) is 0 Å². The van der Waals surface area contributed by atoms with E-state index in [2.05, 4.69) is 10.3 Å². The Balaban J connectivity index is 2.03. The molecule has 0 bridgehead atoms. The summed E-state index contributed by atoms with van der Waals surface area (Å²) in [6.45, 7) is -0.221. The second kappa shape index (κ2) is 4.59. The van der Waals surface area contributed by atoms with Crippen molar-refractivity contribution in [3.63, 3.8) is 0 Å². The molecule has 1 fully saturated rings. The molecule has 0 atom stereocenters. The van der Waals surface area contributed by atoms with Crippen LogP contribution in [-0.4, -0.2) is 32.1 Å². The van der Waals surface area contributed by atoms with Crippen LogP contribution >= 0.6 is 0 Å². The van der Waals surface area contributed by atoms with E-state index in [9.17, 15) is 14.4 Å². The number of carbonyl (C=O) groups is 2. The minimum atomic E-state index is -1.15. The molecule has 0 unspecified atom stereocenters. The first-order chi connectivity index (χ1) is 8.53. The number of carboxylic acid groups (broad SMARTS) is 1. The molecule has 0 aromatic carbocycles. The van der Waals surface area contributed by atoms with E-state index in [1.165, 1.54) is 18.5 Å². The van der Waals surface area contributed by atoms with Gasteiger partial charge in [0.2, 0.25) is 5.91 Å². The van der Waals surface area contributed by atoms with Crippen molar-refractivity contribution in [2.24, 2.45) is 0 Å². The average Bonchev–Trinajstić information content (AvgIpc) is 2.26. The zero-order chi connectivity index (χ0) is 13.2. The third kappa shape index (κ3) is 2.24. The maximum Gasteiger partial charge on any atom is 0.347 e. The number of carbonyl (C=O) groups excluding carboxylic acids is 1. The van der Waals surface area contributed by atoms with Crippen LogP contribution in [0.3, 0.4) is 0 Å². The summed E-state index contributed by atoms with van der Waals surface area (Å²) in [6, 6.07) is 1.53. The number of rotatable bonds is 4. The van der Waals surface area contributed by atoms with Crippen LogP contribution in [0.1, 0.15) is 19.3 Å². The summed E-state index contributed by atoms with van der Waals surface area (Å²) < 4.78 is 1.13. The highest BCUT2D eigenvalue weighted by Gasteiger charge is 2.45. The predicted molar refractivity (Wildman–Crippen MR) is 60.9 cm³/mol. The number of aliphatic carboxylic acids is 1. The first-order valence-electron chi connectivity index (χ1n) is 5.59. The lowest BCUT2D eigenvalue weighted by atomic mass is 9.77. The highest BCUT2D eigenvalue weighted by Crippen LogP contribution is 2.31. The summed E-state index contributed by atoms with van der Waals surface area (Å²) in [7, 11) is 0. The highest BCUT2D eigenvalue weighted by molar-refractivity contribution is 5.87. The number of hydrogen-bond donors (Lipinski definition) is 2. The fraction of sp³-hybridized carbons (Fsp3) is 0.455. The number of amides is 1. The van der Waals surface area contributed by atoms with E-state index in [1.807, 2.05) is 0 Å². The summed E-state index contributed by atoms with van der Waals surface area (Å²) in [5, 5.41) is 11.5. The molecule has 7 nitrogen and oxygen atoms in total. The van der Waals surface area contributed by atoms with Gasteiger partial charge in [0.25, 0.3) is 0 Å². The maximum absolute atomic E-state index is 11.7. The summed E-state index contributed by atoms with van der Waals surface area (Å²) in [6.07, 6.45) is 4.40. The fourth-order valence-electron chi connectivity index (χ4n) is 1.89. The molecule has 1 aromatic heterocycles. The molecule has 1 amide bonds. The van der Waals surface area contributed by atoms with Crippen LogP contribution in [0.4, 0.5) is 0 Å². The first kappa shape index (κ1) is 12.3. The highest BCUT2D eigenvalue weighted by atomic mass is 16.4. The van der Waals surface area contributed by atoms with Gasteiger partial charge >= 0.3 is 11.7 Å². The monoisotopic (exact) mass is 251 g/mol. The van der Waals surface area contributed by atoms with Gasteiger partial charge in [0.1, 0.15) is 12.1 Å². The Bertz CT molecular complexity index is 533. The van der Waals surface area contributed by atoms with Crippen LogP contribution in [0, 0.1) is 0 Å².